The molecular weight excluding hydrogens is 304 g/mol. The third kappa shape index (κ3) is 2.58. The number of fused-ring (bicyclic) bond motifs is 1. The van der Waals surface area contributed by atoms with E-state index in [9.17, 15) is 14.4 Å². The van der Waals surface area contributed by atoms with Crippen molar-refractivity contribution in [1.29, 1.82) is 0 Å². The lowest BCUT2D eigenvalue weighted by Gasteiger charge is -2.38. The van der Waals surface area contributed by atoms with Crippen LogP contribution in [0.4, 0.5) is 0 Å². The minimum absolute atomic E-state index is 0.0978. The Morgan fingerprint density at radius 2 is 1.54 bits per heavy atom. The van der Waals surface area contributed by atoms with Gasteiger partial charge in [0, 0.05) is 13.1 Å². The normalized spacial score (nSPS) is 32.2. The predicted molar refractivity (Wildman–Crippen MR) is 90.8 cm³/mol. The van der Waals surface area contributed by atoms with Gasteiger partial charge in [0.05, 0.1) is 11.8 Å². The van der Waals surface area contributed by atoms with Crippen LogP contribution in [0.5, 0.6) is 0 Å². The van der Waals surface area contributed by atoms with Crippen molar-refractivity contribution in [2.75, 3.05) is 13.1 Å². The third-order valence-electron chi connectivity index (χ3n) is 5.84. The fourth-order valence-electron chi connectivity index (χ4n) is 4.73. The molecule has 4 rings (SSSR count). The smallest absolute Gasteiger partial charge is 0.245 e. The van der Waals surface area contributed by atoms with Gasteiger partial charge in [0.15, 0.2) is 0 Å². The number of amides is 3. The second kappa shape index (κ2) is 6.69. The van der Waals surface area contributed by atoms with Crippen LogP contribution in [0.2, 0.25) is 0 Å². The SMILES string of the molecule is CCCN(CCC)C(=O)[C@H](C)N1C(=O)[C@@H]2[C@@H](C1=O)[C@H]1C=C[C@H]2CC1. The summed E-state index contributed by atoms with van der Waals surface area (Å²) < 4.78 is 0. The minimum atomic E-state index is -0.687. The molecule has 5 heteroatoms. The number of hydrogen-bond acceptors (Lipinski definition) is 3. The van der Waals surface area contributed by atoms with E-state index in [2.05, 4.69) is 12.2 Å². The maximum absolute atomic E-state index is 12.9. The van der Waals surface area contributed by atoms with E-state index in [0.29, 0.717) is 13.1 Å². The van der Waals surface area contributed by atoms with Crippen molar-refractivity contribution >= 4 is 17.7 Å². The number of allylic oxidation sites excluding steroid dienone is 2. The van der Waals surface area contributed by atoms with E-state index in [4.69, 9.17) is 0 Å². The van der Waals surface area contributed by atoms with Crippen LogP contribution in [0.25, 0.3) is 0 Å². The molecule has 0 aromatic rings. The summed E-state index contributed by atoms with van der Waals surface area (Å²) in [6.45, 7) is 7.12. The van der Waals surface area contributed by atoms with Crippen LogP contribution in [-0.2, 0) is 14.4 Å². The summed E-state index contributed by atoms with van der Waals surface area (Å²) in [6.07, 6.45) is 7.93. The molecule has 1 saturated heterocycles. The van der Waals surface area contributed by atoms with Crippen molar-refractivity contribution in [3.05, 3.63) is 12.2 Å². The van der Waals surface area contributed by atoms with E-state index >= 15 is 0 Å². The van der Waals surface area contributed by atoms with Crippen molar-refractivity contribution in [1.82, 2.24) is 9.80 Å². The molecule has 0 aromatic heterocycles. The van der Waals surface area contributed by atoms with Crippen LogP contribution in [-0.4, -0.2) is 46.7 Å². The van der Waals surface area contributed by atoms with Gasteiger partial charge in [-0.25, -0.2) is 0 Å². The highest BCUT2D eigenvalue weighted by atomic mass is 16.2. The number of hydrogen-bond donors (Lipinski definition) is 0. The maximum Gasteiger partial charge on any atom is 0.245 e. The fraction of sp³-hybridized carbons (Fsp3) is 0.737. The van der Waals surface area contributed by atoms with Crippen molar-refractivity contribution in [2.24, 2.45) is 23.7 Å². The lowest BCUT2D eigenvalue weighted by molar-refractivity contribution is -0.151. The Morgan fingerprint density at radius 3 is 1.92 bits per heavy atom. The maximum atomic E-state index is 12.9. The molecule has 5 nitrogen and oxygen atoms in total. The first-order chi connectivity index (χ1) is 11.5. The van der Waals surface area contributed by atoms with Crippen LogP contribution in [0.15, 0.2) is 12.2 Å². The molecule has 1 heterocycles. The predicted octanol–water partition coefficient (Wildman–Crippen LogP) is 2.22. The molecule has 2 fully saturated rings. The first-order valence-corrected chi connectivity index (χ1v) is 9.35. The van der Waals surface area contributed by atoms with Crippen molar-refractivity contribution in [2.45, 2.75) is 52.5 Å². The van der Waals surface area contributed by atoms with Gasteiger partial charge in [0.2, 0.25) is 17.7 Å². The highest BCUT2D eigenvalue weighted by Gasteiger charge is 2.58. The van der Waals surface area contributed by atoms with Crippen molar-refractivity contribution in [3.8, 4) is 0 Å². The summed E-state index contributed by atoms with van der Waals surface area (Å²) in [5, 5.41) is 0. The molecule has 0 N–H and O–H groups in total. The van der Waals surface area contributed by atoms with E-state index in [1.165, 1.54) is 4.90 Å². The molecule has 3 aliphatic carbocycles. The quantitative estimate of drug-likeness (QED) is 0.553. The summed E-state index contributed by atoms with van der Waals surface area (Å²) in [4.78, 5) is 41.8. The number of likely N-dealkylation sites (tertiary alicyclic amines) is 1. The molecule has 132 valence electrons. The largest absolute Gasteiger partial charge is 0.341 e. The van der Waals surface area contributed by atoms with Crippen LogP contribution in [0, 0.1) is 23.7 Å². The topological polar surface area (TPSA) is 57.7 Å². The second-order valence-electron chi connectivity index (χ2n) is 7.39. The van der Waals surface area contributed by atoms with Crippen LogP contribution in [0.1, 0.15) is 46.5 Å². The average molecular weight is 332 g/mol. The molecule has 24 heavy (non-hydrogen) atoms. The molecule has 5 atom stereocenters. The number of carbonyl (C=O) groups excluding carboxylic acids is 3. The molecular formula is C19H28N2O3. The van der Waals surface area contributed by atoms with Gasteiger partial charge in [-0.3, -0.25) is 19.3 Å². The summed E-state index contributed by atoms with van der Waals surface area (Å²) in [5.41, 5.74) is 0. The first kappa shape index (κ1) is 17.2. The summed E-state index contributed by atoms with van der Waals surface area (Å²) in [5.74, 6) is -0.475. The third-order valence-corrected chi connectivity index (χ3v) is 5.84. The van der Waals surface area contributed by atoms with Gasteiger partial charge in [0.1, 0.15) is 6.04 Å². The van der Waals surface area contributed by atoms with Gasteiger partial charge in [-0.1, -0.05) is 26.0 Å². The second-order valence-corrected chi connectivity index (χ2v) is 7.39. The average Bonchev–Trinajstić information content (AvgIpc) is 2.88. The molecule has 2 bridgehead atoms. The Balaban J connectivity index is 1.80. The first-order valence-electron chi connectivity index (χ1n) is 9.35. The lowest BCUT2D eigenvalue weighted by Crippen LogP contribution is -2.50. The Hall–Kier alpha value is -1.65. The minimum Gasteiger partial charge on any atom is -0.341 e. The van der Waals surface area contributed by atoms with Crippen LogP contribution < -0.4 is 0 Å². The Kier molecular flexibility index (Phi) is 4.79. The van der Waals surface area contributed by atoms with Gasteiger partial charge in [0.25, 0.3) is 0 Å². The highest BCUT2D eigenvalue weighted by molar-refractivity contribution is 6.09. The number of rotatable bonds is 6. The van der Waals surface area contributed by atoms with E-state index in [0.717, 1.165) is 25.7 Å². The van der Waals surface area contributed by atoms with E-state index in [1.807, 2.05) is 13.8 Å². The van der Waals surface area contributed by atoms with Gasteiger partial charge in [-0.05, 0) is 44.4 Å². The Labute approximate surface area is 144 Å². The van der Waals surface area contributed by atoms with Gasteiger partial charge in [-0.2, -0.15) is 0 Å². The van der Waals surface area contributed by atoms with E-state index < -0.39 is 6.04 Å². The molecule has 0 radical (unpaired) electrons. The molecule has 0 aromatic carbocycles. The fourth-order valence-corrected chi connectivity index (χ4v) is 4.73. The molecule has 1 saturated carbocycles. The summed E-state index contributed by atoms with van der Waals surface area (Å²) in [7, 11) is 0. The van der Waals surface area contributed by atoms with E-state index in [1.54, 1.807) is 11.8 Å². The molecule has 3 amide bonds. The summed E-state index contributed by atoms with van der Waals surface area (Å²) in [6, 6.07) is -0.687. The highest BCUT2D eigenvalue weighted by Crippen LogP contribution is 2.49. The summed E-state index contributed by atoms with van der Waals surface area (Å²) >= 11 is 0. The van der Waals surface area contributed by atoms with Gasteiger partial charge in [-0.15, -0.1) is 0 Å². The van der Waals surface area contributed by atoms with E-state index in [-0.39, 0.29) is 41.4 Å². The number of imide groups is 1. The molecule has 1 aliphatic heterocycles. The Bertz CT molecular complexity index is 533. The zero-order valence-electron chi connectivity index (χ0n) is 14.9. The van der Waals surface area contributed by atoms with Crippen molar-refractivity contribution < 1.29 is 14.4 Å². The van der Waals surface area contributed by atoms with Crippen LogP contribution in [0.3, 0.4) is 0 Å². The van der Waals surface area contributed by atoms with Crippen molar-refractivity contribution in [3.63, 3.8) is 0 Å². The zero-order valence-corrected chi connectivity index (χ0v) is 14.9. The Morgan fingerprint density at radius 1 is 1.08 bits per heavy atom. The molecule has 0 spiro atoms. The van der Waals surface area contributed by atoms with Crippen LogP contribution >= 0.6 is 0 Å². The monoisotopic (exact) mass is 332 g/mol. The zero-order chi connectivity index (χ0) is 17.4. The molecule has 4 aliphatic rings. The van der Waals surface area contributed by atoms with Gasteiger partial charge >= 0.3 is 0 Å². The lowest BCUT2D eigenvalue weighted by atomic mass is 9.63. The number of nitrogens with zero attached hydrogens (tertiary/aromatic N) is 2. The molecule has 0 unspecified atom stereocenters. The van der Waals surface area contributed by atoms with Gasteiger partial charge < -0.3 is 4.90 Å². The number of carbonyl (C=O) groups is 3. The standard InChI is InChI=1S/C19H28N2O3/c1-4-10-20(11-5-2)17(22)12(3)21-18(23)15-13-6-7-14(9-8-13)16(15)19(21)24/h6-7,12-16H,4-5,8-11H2,1-3H3/t12-,13-,14-,15-,16-/m0/s1.